The fourth-order valence-electron chi connectivity index (χ4n) is 2.29. The van der Waals surface area contributed by atoms with Crippen molar-refractivity contribution in [1.29, 1.82) is 0 Å². The van der Waals surface area contributed by atoms with E-state index in [0.717, 1.165) is 23.5 Å². The number of nitrogens with one attached hydrogen (secondary N) is 1. The number of nitrogens with zero attached hydrogens (tertiary/aromatic N) is 2. The molecule has 1 heterocycles. The van der Waals surface area contributed by atoms with Crippen LogP contribution in [0.2, 0.25) is 0 Å². The van der Waals surface area contributed by atoms with Crippen molar-refractivity contribution < 1.29 is 4.39 Å². The maximum Gasteiger partial charge on any atom is 0.126 e. The lowest BCUT2D eigenvalue weighted by atomic mass is 10.0. The first-order chi connectivity index (χ1) is 9.02. The molecule has 1 N–H and O–H groups in total. The van der Waals surface area contributed by atoms with Crippen molar-refractivity contribution in [2.24, 2.45) is 7.05 Å². The van der Waals surface area contributed by atoms with Gasteiger partial charge in [0.15, 0.2) is 0 Å². The molecule has 2 rings (SSSR count). The second-order valence-corrected chi connectivity index (χ2v) is 4.83. The first kappa shape index (κ1) is 13.7. The minimum atomic E-state index is -0.167. The molecule has 0 amide bonds. The summed E-state index contributed by atoms with van der Waals surface area (Å²) in [6, 6.07) is 7.38. The molecule has 1 unspecified atom stereocenters. The van der Waals surface area contributed by atoms with Crippen LogP contribution in [0.4, 0.5) is 4.39 Å². The SMILES string of the molecule is CCNC(c1ccc(C)c(F)c1)c1cc(C)nn1C. The Kier molecular flexibility index (Phi) is 4.00. The molecule has 1 atom stereocenters. The minimum absolute atomic E-state index is 0.0358. The van der Waals surface area contributed by atoms with E-state index >= 15 is 0 Å². The number of benzene rings is 1. The molecule has 0 saturated carbocycles. The van der Waals surface area contributed by atoms with Crippen molar-refractivity contribution in [2.45, 2.75) is 26.8 Å². The number of hydrogen-bond donors (Lipinski definition) is 1. The molecule has 1 aromatic heterocycles. The standard InChI is InChI=1S/C15H20FN3/c1-5-17-15(14-8-11(3)18-19(14)4)12-7-6-10(2)13(16)9-12/h6-9,15,17H,5H2,1-4H3. The zero-order chi connectivity index (χ0) is 14.0. The van der Waals surface area contributed by atoms with Crippen LogP contribution in [-0.4, -0.2) is 16.3 Å². The van der Waals surface area contributed by atoms with Crippen LogP contribution in [0.1, 0.15) is 35.5 Å². The molecule has 0 spiro atoms. The van der Waals surface area contributed by atoms with Crippen LogP contribution in [0, 0.1) is 19.7 Å². The van der Waals surface area contributed by atoms with E-state index in [1.807, 2.05) is 43.8 Å². The van der Waals surface area contributed by atoms with Gasteiger partial charge >= 0.3 is 0 Å². The molecule has 1 aromatic carbocycles. The van der Waals surface area contributed by atoms with E-state index in [2.05, 4.69) is 10.4 Å². The third kappa shape index (κ3) is 2.84. The molecular weight excluding hydrogens is 241 g/mol. The zero-order valence-corrected chi connectivity index (χ0v) is 11.9. The molecule has 102 valence electrons. The number of aromatic nitrogens is 2. The third-order valence-electron chi connectivity index (χ3n) is 3.27. The van der Waals surface area contributed by atoms with Crippen LogP contribution >= 0.6 is 0 Å². The molecule has 0 radical (unpaired) electrons. The first-order valence-corrected chi connectivity index (χ1v) is 6.53. The minimum Gasteiger partial charge on any atom is -0.305 e. The lowest BCUT2D eigenvalue weighted by molar-refractivity contribution is 0.562. The fourth-order valence-corrected chi connectivity index (χ4v) is 2.29. The van der Waals surface area contributed by atoms with Crippen LogP contribution < -0.4 is 5.32 Å². The second-order valence-electron chi connectivity index (χ2n) is 4.83. The molecule has 0 aliphatic rings. The summed E-state index contributed by atoms with van der Waals surface area (Å²) in [6.07, 6.45) is 0. The number of hydrogen-bond acceptors (Lipinski definition) is 2. The smallest absolute Gasteiger partial charge is 0.126 e. The number of aryl methyl sites for hydroxylation is 3. The Balaban J connectivity index is 2.44. The molecular formula is C15H20FN3. The van der Waals surface area contributed by atoms with Crippen LogP contribution in [0.3, 0.4) is 0 Å². The Morgan fingerprint density at radius 3 is 2.58 bits per heavy atom. The normalized spacial score (nSPS) is 12.7. The Labute approximate surface area is 113 Å². The fraction of sp³-hybridized carbons (Fsp3) is 0.400. The molecule has 0 aliphatic carbocycles. The van der Waals surface area contributed by atoms with E-state index in [1.54, 1.807) is 13.0 Å². The van der Waals surface area contributed by atoms with Gasteiger partial charge in [-0.2, -0.15) is 5.10 Å². The summed E-state index contributed by atoms with van der Waals surface area (Å²) >= 11 is 0. The van der Waals surface area contributed by atoms with Gasteiger partial charge in [-0.15, -0.1) is 0 Å². The Bertz CT molecular complexity index is 575. The number of rotatable bonds is 4. The third-order valence-corrected chi connectivity index (χ3v) is 3.27. The molecule has 3 nitrogen and oxygen atoms in total. The van der Waals surface area contributed by atoms with Gasteiger partial charge in [-0.25, -0.2) is 4.39 Å². The first-order valence-electron chi connectivity index (χ1n) is 6.53. The summed E-state index contributed by atoms with van der Waals surface area (Å²) in [6.45, 7) is 6.59. The van der Waals surface area contributed by atoms with Crippen LogP contribution in [0.5, 0.6) is 0 Å². The van der Waals surface area contributed by atoms with Crippen LogP contribution in [0.15, 0.2) is 24.3 Å². The van der Waals surface area contributed by atoms with Crippen molar-refractivity contribution >= 4 is 0 Å². The monoisotopic (exact) mass is 261 g/mol. The van der Waals surface area contributed by atoms with Gasteiger partial charge in [-0.1, -0.05) is 19.1 Å². The van der Waals surface area contributed by atoms with E-state index in [4.69, 9.17) is 0 Å². The second kappa shape index (κ2) is 5.53. The summed E-state index contributed by atoms with van der Waals surface area (Å²) in [5.74, 6) is -0.167. The van der Waals surface area contributed by atoms with Gasteiger partial charge in [0, 0.05) is 7.05 Å². The molecule has 0 fully saturated rings. The van der Waals surface area contributed by atoms with E-state index in [9.17, 15) is 4.39 Å². The maximum absolute atomic E-state index is 13.8. The lowest BCUT2D eigenvalue weighted by Crippen LogP contribution is -2.24. The van der Waals surface area contributed by atoms with Crippen molar-refractivity contribution in [1.82, 2.24) is 15.1 Å². The highest BCUT2D eigenvalue weighted by Crippen LogP contribution is 2.24. The molecule has 19 heavy (non-hydrogen) atoms. The zero-order valence-electron chi connectivity index (χ0n) is 11.9. The van der Waals surface area contributed by atoms with Gasteiger partial charge in [-0.05, 0) is 43.7 Å². The number of halogens is 1. The van der Waals surface area contributed by atoms with Gasteiger partial charge in [0.1, 0.15) is 5.82 Å². The van der Waals surface area contributed by atoms with Gasteiger partial charge in [0.25, 0.3) is 0 Å². The predicted molar refractivity (Wildman–Crippen MR) is 74.6 cm³/mol. The Hall–Kier alpha value is -1.68. The Morgan fingerprint density at radius 1 is 1.32 bits per heavy atom. The van der Waals surface area contributed by atoms with E-state index < -0.39 is 0 Å². The summed E-state index contributed by atoms with van der Waals surface area (Å²) in [5, 5.41) is 7.75. The van der Waals surface area contributed by atoms with Crippen molar-refractivity contribution in [3.63, 3.8) is 0 Å². The summed E-state index contributed by atoms with van der Waals surface area (Å²) in [5.41, 5.74) is 3.60. The molecule has 2 aromatic rings. The average molecular weight is 261 g/mol. The highest BCUT2D eigenvalue weighted by molar-refractivity contribution is 5.32. The van der Waals surface area contributed by atoms with Gasteiger partial charge in [0.2, 0.25) is 0 Å². The summed E-state index contributed by atoms with van der Waals surface area (Å²) in [4.78, 5) is 0. The van der Waals surface area contributed by atoms with E-state index in [1.165, 1.54) is 0 Å². The quantitative estimate of drug-likeness (QED) is 0.917. The highest BCUT2D eigenvalue weighted by atomic mass is 19.1. The lowest BCUT2D eigenvalue weighted by Gasteiger charge is -2.19. The van der Waals surface area contributed by atoms with Gasteiger partial charge in [0.05, 0.1) is 17.4 Å². The average Bonchev–Trinajstić information content (AvgIpc) is 2.69. The maximum atomic E-state index is 13.8. The van der Waals surface area contributed by atoms with Crippen molar-refractivity contribution in [2.75, 3.05) is 6.54 Å². The predicted octanol–water partition coefficient (Wildman–Crippen LogP) is 2.87. The van der Waals surface area contributed by atoms with Crippen LogP contribution in [0.25, 0.3) is 0 Å². The summed E-state index contributed by atoms with van der Waals surface area (Å²) in [7, 11) is 1.91. The van der Waals surface area contributed by atoms with Gasteiger partial charge < -0.3 is 5.32 Å². The van der Waals surface area contributed by atoms with Crippen molar-refractivity contribution in [3.05, 3.63) is 52.6 Å². The summed E-state index contributed by atoms with van der Waals surface area (Å²) < 4.78 is 15.6. The molecule has 0 saturated heterocycles. The van der Waals surface area contributed by atoms with Gasteiger partial charge in [-0.3, -0.25) is 4.68 Å². The van der Waals surface area contributed by atoms with Crippen LogP contribution in [-0.2, 0) is 7.05 Å². The molecule has 0 bridgehead atoms. The Morgan fingerprint density at radius 2 is 2.05 bits per heavy atom. The molecule has 4 heteroatoms. The van der Waals surface area contributed by atoms with Crippen molar-refractivity contribution in [3.8, 4) is 0 Å². The molecule has 0 aliphatic heterocycles. The topological polar surface area (TPSA) is 29.9 Å². The van der Waals surface area contributed by atoms with E-state index in [-0.39, 0.29) is 11.9 Å². The van der Waals surface area contributed by atoms with E-state index in [0.29, 0.717) is 5.56 Å². The highest BCUT2D eigenvalue weighted by Gasteiger charge is 2.18. The largest absolute Gasteiger partial charge is 0.305 e.